The van der Waals surface area contributed by atoms with Crippen LogP contribution >= 0.6 is 12.2 Å². The second kappa shape index (κ2) is 6.43. The van der Waals surface area contributed by atoms with Gasteiger partial charge in [0, 0.05) is 17.8 Å². The summed E-state index contributed by atoms with van der Waals surface area (Å²) in [4.78, 5) is 4.47. The van der Waals surface area contributed by atoms with Crippen molar-refractivity contribution in [3.05, 3.63) is 23.9 Å². The normalized spacial score (nSPS) is 10.4. The van der Waals surface area contributed by atoms with E-state index in [4.69, 9.17) is 22.7 Å². The van der Waals surface area contributed by atoms with Crippen molar-refractivity contribution in [1.29, 1.82) is 0 Å². The van der Waals surface area contributed by atoms with Gasteiger partial charge in [-0.15, -0.1) is 0 Å². The molecular formula is C12H18N2OS. The minimum absolute atomic E-state index is 0.370. The standard InChI is InChI=1S/C12H18N2OS/c1-9(2)4-3-7-15-11-8-10(12(13)16)5-6-14-11/h5-6,8-9H,3-4,7H2,1-2H3,(H2,13,16). The van der Waals surface area contributed by atoms with Gasteiger partial charge in [-0.3, -0.25) is 0 Å². The molecule has 0 radical (unpaired) electrons. The van der Waals surface area contributed by atoms with Crippen LogP contribution in [0.25, 0.3) is 0 Å². The zero-order valence-corrected chi connectivity index (χ0v) is 10.6. The molecular weight excluding hydrogens is 220 g/mol. The Morgan fingerprint density at radius 3 is 2.94 bits per heavy atom. The molecule has 16 heavy (non-hydrogen) atoms. The third kappa shape index (κ3) is 4.57. The molecule has 0 bridgehead atoms. The van der Waals surface area contributed by atoms with Crippen molar-refractivity contribution in [2.75, 3.05) is 6.61 Å². The van der Waals surface area contributed by atoms with Crippen molar-refractivity contribution in [3.63, 3.8) is 0 Å². The lowest BCUT2D eigenvalue weighted by Gasteiger charge is -2.07. The van der Waals surface area contributed by atoms with Crippen molar-refractivity contribution in [2.24, 2.45) is 11.7 Å². The molecule has 0 saturated carbocycles. The van der Waals surface area contributed by atoms with E-state index in [9.17, 15) is 0 Å². The van der Waals surface area contributed by atoms with Gasteiger partial charge in [0.05, 0.1) is 6.61 Å². The third-order valence-corrected chi connectivity index (χ3v) is 2.43. The quantitative estimate of drug-likeness (QED) is 0.611. The molecule has 0 unspecified atom stereocenters. The maximum absolute atomic E-state index is 5.53. The van der Waals surface area contributed by atoms with Crippen LogP contribution in [0.5, 0.6) is 5.88 Å². The average molecular weight is 238 g/mol. The average Bonchev–Trinajstić information content (AvgIpc) is 2.24. The van der Waals surface area contributed by atoms with Crippen LogP contribution in [0.4, 0.5) is 0 Å². The van der Waals surface area contributed by atoms with Crippen LogP contribution in [-0.2, 0) is 0 Å². The van der Waals surface area contributed by atoms with Crippen LogP contribution in [0.1, 0.15) is 32.3 Å². The molecule has 1 aromatic rings. The van der Waals surface area contributed by atoms with Gasteiger partial charge < -0.3 is 10.5 Å². The highest BCUT2D eigenvalue weighted by molar-refractivity contribution is 7.80. The van der Waals surface area contributed by atoms with E-state index in [1.54, 1.807) is 18.3 Å². The van der Waals surface area contributed by atoms with Crippen LogP contribution in [0.2, 0.25) is 0 Å². The lowest BCUT2D eigenvalue weighted by atomic mass is 10.1. The van der Waals surface area contributed by atoms with E-state index in [0.717, 1.165) is 18.4 Å². The van der Waals surface area contributed by atoms with Gasteiger partial charge in [0.15, 0.2) is 0 Å². The Balaban J connectivity index is 2.42. The molecule has 2 N–H and O–H groups in total. The summed E-state index contributed by atoms with van der Waals surface area (Å²) in [6.45, 7) is 5.09. The molecule has 0 atom stereocenters. The number of nitrogens with two attached hydrogens (primary N) is 1. The van der Waals surface area contributed by atoms with Crippen LogP contribution in [0.15, 0.2) is 18.3 Å². The van der Waals surface area contributed by atoms with Crippen molar-refractivity contribution >= 4 is 17.2 Å². The smallest absolute Gasteiger partial charge is 0.213 e. The van der Waals surface area contributed by atoms with Crippen LogP contribution in [-0.4, -0.2) is 16.6 Å². The molecule has 0 aliphatic carbocycles. The SMILES string of the molecule is CC(C)CCCOc1cc(C(N)=S)ccn1. The van der Waals surface area contributed by atoms with Gasteiger partial charge in [0.25, 0.3) is 0 Å². The number of thiocarbonyl (C=S) groups is 1. The zero-order chi connectivity index (χ0) is 12.0. The maximum atomic E-state index is 5.53. The van der Waals surface area contributed by atoms with Gasteiger partial charge in [-0.25, -0.2) is 4.98 Å². The third-order valence-electron chi connectivity index (χ3n) is 2.20. The van der Waals surface area contributed by atoms with E-state index in [1.807, 2.05) is 0 Å². The van der Waals surface area contributed by atoms with Gasteiger partial charge in [-0.2, -0.15) is 0 Å². The first-order chi connectivity index (χ1) is 7.59. The number of rotatable bonds is 6. The molecule has 0 amide bonds. The van der Waals surface area contributed by atoms with Crippen molar-refractivity contribution in [1.82, 2.24) is 4.98 Å². The fraction of sp³-hybridized carbons (Fsp3) is 0.500. The molecule has 1 heterocycles. The zero-order valence-electron chi connectivity index (χ0n) is 9.77. The first-order valence-corrected chi connectivity index (χ1v) is 5.89. The minimum Gasteiger partial charge on any atom is -0.478 e. The Morgan fingerprint density at radius 1 is 1.56 bits per heavy atom. The molecule has 1 aromatic heterocycles. The molecule has 0 fully saturated rings. The second-order valence-corrected chi connectivity index (χ2v) is 4.57. The maximum Gasteiger partial charge on any atom is 0.213 e. The van der Waals surface area contributed by atoms with Crippen molar-refractivity contribution < 1.29 is 4.74 Å². The first-order valence-electron chi connectivity index (χ1n) is 5.48. The van der Waals surface area contributed by atoms with E-state index in [-0.39, 0.29) is 0 Å². The van der Waals surface area contributed by atoms with E-state index < -0.39 is 0 Å². The van der Waals surface area contributed by atoms with Crippen molar-refractivity contribution in [3.8, 4) is 5.88 Å². The van der Waals surface area contributed by atoms with E-state index in [0.29, 0.717) is 23.4 Å². The van der Waals surface area contributed by atoms with Gasteiger partial charge in [0.2, 0.25) is 5.88 Å². The summed E-state index contributed by atoms with van der Waals surface area (Å²) >= 11 is 4.89. The Morgan fingerprint density at radius 2 is 2.31 bits per heavy atom. The predicted octanol–water partition coefficient (Wildman–Crippen LogP) is 2.53. The number of nitrogens with zero attached hydrogens (tertiary/aromatic N) is 1. The van der Waals surface area contributed by atoms with E-state index >= 15 is 0 Å². The molecule has 0 aliphatic heterocycles. The molecule has 3 nitrogen and oxygen atoms in total. The highest BCUT2D eigenvalue weighted by atomic mass is 32.1. The Bertz CT molecular complexity index is 353. The number of aromatic nitrogens is 1. The lowest BCUT2D eigenvalue weighted by molar-refractivity contribution is 0.287. The highest BCUT2D eigenvalue weighted by Crippen LogP contribution is 2.10. The Labute approximate surface area is 102 Å². The van der Waals surface area contributed by atoms with Gasteiger partial charge in [0.1, 0.15) is 4.99 Å². The van der Waals surface area contributed by atoms with Gasteiger partial charge >= 0.3 is 0 Å². The van der Waals surface area contributed by atoms with Crippen molar-refractivity contribution in [2.45, 2.75) is 26.7 Å². The first kappa shape index (κ1) is 12.9. The molecule has 88 valence electrons. The highest BCUT2D eigenvalue weighted by Gasteiger charge is 2.01. The van der Waals surface area contributed by atoms with E-state index in [2.05, 4.69) is 18.8 Å². The molecule has 0 spiro atoms. The number of pyridine rings is 1. The van der Waals surface area contributed by atoms with Gasteiger partial charge in [-0.05, 0) is 24.8 Å². The number of hydrogen-bond donors (Lipinski definition) is 1. The summed E-state index contributed by atoms with van der Waals surface area (Å²) in [7, 11) is 0. The molecule has 1 rings (SSSR count). The topological polar surface area (TPSA) is 48.1 Å². The molecule has 4 heteroatoms. The fourth-order valence-corrected chi connectivity index (χ4v) is 1.44. The minimum atomic E-state index is 0.370. The largest absolute Gasteiger partial charge is 0.478 e. The van der Waals surface area contributed by atoms with Crippen LogP contribution < -0.4 is 10.5 Å². The summed E-state index contributed by atoms with van der Waals surface area (Å²) in [5.74, 6) is 1.30. The summed E-state index contributed by atoms with van der Waals surface area (Å²) in [5.41, 5.74) is 6.32. The number of hydrogen-bond acceptors (Lipinski definition) is 3. The number of ether oxygens (including phenoxy) is 1. The Kier molecular flexibility index (Phi) is 5.19. The monoisotopic (exact) mass is 238 g/mol. The predicted molar refractivity (Wildman–Crippen MR) is 69.7 cm³/mol. The van der Waals surface area contributed by atoms with Crippen LogP contribution in [0, 0.1) is 5.92 Å². The summed E-state index contributed by atoms with van der Waals surface area (Å²) in [5, 5.41) is 0. The summed E-state index contributed by atoms with van der Waals surface area (Å²) in [6, 6.07) is 3.56. The second-order valence-electron chi connectivity index (χ2n) is 4.13. The summed E-state index contributed by atoms with van der Waals surface area (Å²) in [6.07, 6.45) is 3.86. The lowest BCUT2D eigenvalue weighted by Crippen LogP contribution is -2.10. The van der Waals surface area contributed by atoms with Gasteiger partial charge in [-0.1, -0.05) is 26.1 Å². The Hall–Kier alpha value is -1.16. The summed E-state index contributed by atoms with van der Waals surface area (Å²) < 4.78 is 5.52. The fourth-order valence-electron chi connectivity index (χ4n) is 1.31. The molecule has 0 aromatic carbocycles. The molecule has 0 saturated heterocycles. The van der Waals surface area contributed by atoms with Crippen LogP contribution in [0.3, 0.4) is 0 Å². The molecule has 0 aliphatic rings. The van der Waals surface area contributed by atoms with E-state index in [1.165, 1.54) is 0 Å².